The zero-order valence-electron chi connectivity index (χ0n) is 17.6. The number of aromatic hydroxyl groups is 1. The second kappa shape index (κ2) is 10.8. The van der Waals surface area contributed by atoms with E-state index in [2.05, 4.69) is 37.2 Å². The highest BCUT2D eigenvalue weighted by atomic mass is 79.9. The van der Waals surface area contributed by atoms with Crippen molar-refractivity contribution in [3.05, 3.63) is 50.4 Å². The number of aliphatic carboxylic acids is 1. The zero-order valence-corrected chi connectivity index (χ0v) is 21.9. The lowest BCUT2D eigenvalue weighted by atomic mass is 10.0. The number of carboxylic acid groups (broad SMARTS) is 1. The van der Waals surface area contributed by atoms with Crippen molar-refractivity contribution in [2.24, 2.45) is 5.92 Å². The van der Waals surface area contributed by atoms with Gasteiger partial charge in [0, 0.05) is 6.04 Å². The number of phenolic OH excluding ortho intramolecular Hbond substituents is 1. The number of hydrogen-bond acceptors (Lipinski definition) is 6. The standard InChI is InChI=1S/C21H24Br2NO7P/c1-10(2)16(9-18(26)27)24-20(28)13-8-12(4-5-17(13)25)31-19-14(22)6-11(7-15(19)23)21(3,29)32-30/h4-8,10,16,25,29H,9,32H2,1-3H3,(H,24,28)(H,26,27). The topological polar surface area (TPSA) is 133 Å². The van der Waals surface area contributed by atoms with E-state index >= 15 is 0 Å². The highest BCUT2D eigenvalue weighted by molar-refractivity contribution is 9.11. The molecule has 0 spiro atoms. The summed E-state index contributed by atoms with van der Waals surface area (Å²) in [6.45, 7) is 5.03. The number of rotatable bonds is 9. The maximum atomic E-state index is 12.7. The van der Waals surface area contributed by atoms with E-state index in [-0.39, 0.29) is 29.4 Å². The summed E-state index contributed by atoms with van der Waals surface area (Å²) in [6, 6.07) is 6.65. The van der Waals surface area contributed by atoms with E-state index < -0.39 is 31.7 Å². The van der Waals surface area contributed by atoms with Crippen LogP contribution in [0.5, 0.6) is 17.2 Å². The summed E-state index contributed by atoms with van der Waals surface area (Å²) in [5.74, 6) is -1.50. The summed E-state index contributed by atoms with van der Waals surface area (Å²) in [4.78, 5) is 23.8. The summed E-state index contributed by atoms with van der Waals surface area (Å²) < 4.78 is 18.1. The van der Waals surface area contributed by atoms with Crippen LogP contribution in [-0.4, -0.2) is 33.2 Å². The maximum Gasteiger partial charge on any atom is 0.305 e. The third-order valence-corrected chi connectivity index (χ3v) is 6.73. The Morgan fingerprint density at radius 2 is 1.78 bits per heavy atom. The monoisotopic (exact) mass is 591 g/mol. The van der Waals surface area contributed by atoms with Gasteiger partial charge in [-0.25, -0.2) is 0 Å². The van der Waals surface area contributed by atoms with Crippen molar-refractivity contribution in [1.82, 2.24) is 5.32 Å². The number of carboxylic acids is 1. The molecule has 0 aliphatic rings. The van der Waals surface area contributed by atoms with Crippen LogP contribution in [0.2, 0.25) is 0 Å². The van der Waals surface area contributed by atoms with Crippen LogP contribution in [0.4, 0.5) is 0 Å². The number of carbonyl (C=O) groups excluding carboxylic acids is 1. The minimum Gasteiger partial charge on any atom is -0.507 e. The van der Waals surface area contributed by atoms with Gasteiger partial charge in [0.05, 0.1) is 29.4 Å². The first-order valence-corrected chi connectivity index (χ1v) is 12.2. The van der Waals surface area contributed by atoms with Crippen molar-refractivity contribution >= 4 is 52.2 Å². The van der Waals surface area contributed by atoms with E-state index in [9.17, 15) is 24.4 Å². The summed E-state index contributed by atoms with van der Waals surface area (Å²) in [5, 5.41) is 30.6. The Balaban J connectivity index is 2.33. The molecule has 32 heavy (non-hydrogen) atoms. The molecule has 0 fully saturated rings. The fourth-order valence-electron chi connectivity index (χ4n) is 2.78. The second-order valence-corrected chi connectivity index (χ2v) is 10.8. The Morgan fingerprint density at radius 1 is 1.19 bits per heavy atom. The molecule has 4 N–H and O–H groups in total. The number of nitrogens with one attached hydrogen (secondary N) is 1. The minimum absolute atomic E-state index is 0.0692. The van der Waals surface area contributed by atoms with E-state index in [0.29, 0.717) is 20.3 Å². The molecule has 0 aliphatic carbocycles. The molecule has 0 aromatic heterocycles. The molecule has 0 aliphatic heterocycles. The predicted molar refractivity (Wildman–Crippen MR) is 128 cm³/mol. The molecule has 11 heteroatoms. The number of ether oxygens (including phenoxy) is 1. The number of aliphatic hydroxyl groups is 1. The normalized spacial score (nSPS) is 14.3. The molecule has 1 amide bonds. The first-order chi connectivity index (χ1) is 14.9. The lowest BCUT2D eigenvalue weighted by molar-refractivity contribution is -0.137. The third kappa shape index (κ3) is 6.57. The number of halogens is 2. The molecule has 8 nitrogen and oxygen atoms in total. The minimum atomic E-state index is -1.48. The van der Waals surface area contributed by atoms with E-state index in [1.165, 1.54) is 25.1 Å². The van der Waals surface area contributed by atoms with Crippen LogP contribution in [0.3, 0.4) is 0 Å². The Hall–Kier alpha value is -1.87. The molecule has 0 saturated carbocycles. The predicted octanol–water partition coefficient (Wildman–Crippen LogP) is 4.86. The molecule has 0 radical (unpaired) electrons. The fourth-order valence-corrected chi connectivity index (χ4v) is 4.43. The molecule has 3 unspecified atom stereocenters. The van der Waals surface area contributed by atoms with Gasteiger partial charge in [0.1, 0.15) is 16.8 Å². The average Bonchev–Trinajstić information content (AvgIpc) is 2.70. The van der Waals surface area contributed by atoms with Gasteiger partial charge >= 0.3 is 5.97 Å². The van der Waals surface area contributed by atoms with Gasteiger partial charge in [-0.05, 0) is 80.6 Å². The average molecular weight is 593 g/mol. The van der Waals surface area contributed by atoms with Crippen molar-refractivity contribution < 1.29 is 34.2 Å². The number of amides is 1. The SMILES string of the molecule is CC(C)C(CC(=O)O)NC(=O)c1cc(Oc2c(Br)cc(C(C)(O)[PH2]=O)cc2Br)ccc1O. The highest BCUT2D eigenvalue weighted by Crippen LogP contribution is 2.42. The molecule has 2 aromatic carbocycles. The first-order valence-electron chi connectivity index (χ1n) is 9.57. The van der Waals surface area contributed by atoms with Crippen LogP contribution in [0.1, 0.15) is 43.1 Å². The van der Waals surface area contributed by atoms with Gasteiger partial charge in [0.25, 0.3) is 5.91 Å². The molecule has 0 heterocycles. The molecule has 3 atom stereocenters. The van der Waals surface area contributed by atoms with Crippen LogP contribution < -0.4 is 10.1 Å². The molecular weight excluding hydrogens is 569 g/mol. The van der Waals surface area contributed by atoms with Crippen LogP contribution >= 0.6 is 40.3 Å². The lowest BCUT2D eigenvalue weighted by Gasteiger charge is -2.21. The summed E-state index contributed by atoms with van der Waals surface area (Å²) >= 11 is 6.73. The lowest BCUT2D eigenvalue weighted by Crippen LogP contribution is -2.40. The van der Waals surface area contributed by atoms with E-state index in [4.69, 9.17) is 9.84 Å². The van der Waals surface area contributed by atoms with Gasteiger partial charge < -0.3 is 29.9 Å². The second-order valence-electron chi connectivity index (χ2n) is 7.74. The van der Waals surface area contributed by atoms with Gasteiger partial charge in [-0.15, -0.1) is 0 Å². The van der Waals surface area contributed by atoms with Crippen molar-refractivity contribution in [2.75, 3.05) is 0 Å². The van der Waals surface area contributed by atoms with Gasteiger partial charge in [-0.1, -0.05) is 13.8 Å². The van der Waals surface area contributed by atoms with E-state index in [0.717, 1.165) is 0 Å². The van der Waals surface area contributed by atoms with Crippen LogP contribution in [0.15, 0.2) is 39.3 Å². The van der Waals surface area contributed by atoms with Gasteiger partial charge in [0.2, 0.25) is 0 Å². The quantitative estimate of drug-likeness (QED) is 0.306. The Kier molecular flexibility index (Phi) is 8.93. The molecule has 0 saturated heterocycles. The van der Waals surface area contributed by atoms with Crippen LogP contribution in [-0.2, 0) is 14.7 Å². The Bertz CT molecular complexity index is 1020. The molecule has 0 bridgehead atoms. The third-order valence-electron chi connectivity index (χ3n) is 4.76. The molecule has 2 rings (SSSR count). The Morgan fingerprint density at radius 3 is 2.28 bits per heavy atom. The number of phenols is 1. The first kappa shape index (κ1) is 26.4. The van der Waals surface area contributed by atoms with Crippen molar-refractivity contribution in [3.8, 4) is 17.2 Å². The van der Waals surface area contributed by atoms with Crippen molar-refractivity contribution in [1.29, 1.82) is 0 Å². The highest BCUT2D eigenvalue weighted by Gasteiger charge is 2.25. The Labute approximate surface area is 203 Å². The van der Waals surface area contributed by atoms with Crippen molar-refractivity contribution in [2.45, 2.75) is 38.6 Å². The molecular formula is C21H24Br2NO7P. The van der Waals surface area contributed by atoms with Gasteiger partial charge in [0.15, 0.2) is 5.75 Å². The largest absolute Gasteiger partial charge is 0.507 e. The van der Waals surface area contributed by atoms with Crippen molar-refractivity contribution in [3.63, 3.8) is 0 Å². The zero-order chi connectivity index (χ0) is 24.2. The van der Waals surface area contributed by atoms with E-state index in [1.807, 2.05) is 0 Å². The maximum absolute atomic E-state index is 12.7. The molecule has 174 valence electrons. The number of hydrogen-bond donors (Lipinski definition) is 4. The number of carbonyl (C=O) groups is 2. The van der Waals surface area contributed by atoms with Gasteiger partial charge in [-0.3, -0.25) is 9.59 Å². The summed E-state index contributed by atoms with van der Waals surface area (Å²) in [6.07, 6.45) is -0.249. The smallest absolute Gasteiger partial charge is 0.305 e. The van der Waals surface area contributed by atoms with Crippen LogP contribution in [0.25, 0.3) is 0 Å². The summed E-state index contributed by atoms with van der Waals surface area (Å²) in [5.41, 5.74) is 0.359. The van der Waals surface area contributed by atoms with E-state index in [1.54, 1.807) is 26.0 Å². The number of benzene rings is 2. The fraction of sp³-hybridized carbons (Fsp3) is 0.333. The summed E-state index contributed by atoms with van der Waals surface area (Å²) in [7, 11) is -1.48. The van der Waals surface area contributed by atoms with Gasteiger partial charge in [-0.2, -0.15) is 0 Å². The van der Waals surface area contributed by atoms with Crippen LogP contribution in [0, 0.1) is 5.92 Å². The molecule has 2 aromatic rings.